The minimum atomic E-state index is -0.881. The van der Waals surface area contributed by atoms with E-state index in [1.165, 1.54) is 32.1 Å². The van der Waals surface area contributed by atoms with E-state index in [9.17, 15) is 13.2 Å². The van der Waals surface area contributed by atoms with Crippen LogP contribution in [-0.4, -0.2) is 20.0 Å². The topological polar surface area (TPSA) is 18.5 Å². The maximum absolute atomic E-state index is 13.8. The summed E-state index contributed by atoms with van der Waals surface area (Å²) in [4.78, 5) is 0. The summed E-state index contributed by atoms with van der Waals surface area (Å²) in [6, 6.07) is 1.49. The van der Waals surface area contributed by atoms with Gasteiger partial charge in [0.15, 0.2) is 5.79 Å². The van der Waals surface area contributed by atoms with Gasteiger partial charge in [-0.1, -0.05) is 51.9 Å². The van der Waals surface area contributed by atoms with Crippen LogP contribution in [-0.2, 0) is 15.9 Å². The molecule has 2 nitrogen and oxygen atoms in total. The van der Waals surface area contributed by atoms with Crippen LogP contribution in [0.25, 0.3) is 0 Å². The predicted molar refractivity (Wildman–Crippen MR) is 108 cm³/mol. The lowest BCUT2D eigenvalue weighted by Gasteiger charge is -2.35. The van der Waals surface area contributed by atoms with E-state index in [2.05, 4.69) is 6.92 Å². The van der Waals surface area contributed by atoms with Crippen molar-refractivity contribution in [3.05, 3.63) is 35.1 Å². The Bertz CT molecular complexity index is 536. The molecule has 0 amide bonds. The second-order valence-electron chi connectivity index (χ2n) is 7.77. The summed E-state index contributed by atoms with van der Waals surface area (Å²) >= 11 is 0. The number of ether oxygens (including phenoxy) is 2. The predicted octanol–water partition coefficient (Wildman–Crippen LogP) is 7.19. The van der Waals surface area contributed by atoms with Crippen LogP contribution in [0.4, 0.5) is 13.2 Å². The lowest BCUT2D eigenvalue weighted by Crippen LogP contribution is -2.39. The first-order valence-corrected chi connectivity index (χ1v) is 10.6. The molecule has 0 fully saturated rings. The van der Waals surface area contributed by atoms with Crippen molar-refractivity contribution in [2.24, 2.45) is 5.92 Å². The van der Waals surface area contributed by atoms with Gasteiger partial charge in [-0.2, -0.15) is 0 Å². The molecule has 0 saturated heterocycles. The first-order valence-electron chi connectivity index (χ1n) is 10.6. The van der Waals surface area contributed by atoms with Crippen LogP contribution >= 0.6 is 0 Å². The average Bonchev–Trinajstić information content (AvgIpc) is 2.66. The second-order valence-corrected chi connectivity index (χ2v) is 7.77. The molecule has 0 spiro atoms. The molecule has 0 radical (unpaired) electrons. The Balaban J connectivity index is 2.52. The summed E-state index contributed by atoms with van der Waals surface area (Å²) < 4.78 is 51.8. The highest BCUT2D eigenvalue weighted by Gasteiger charge is 2.33. The molecule has 0 N–H and O–H groups in total. The molecule has 0 aromatic heterocycles. The SMILES string of the molecule is CCCCCCCCC(CCCCc1c(F)cc(F)cc1F)C(C)(OC)OC. The molecular formula is C23H37F3O2. The third-order valence-electron chi connectivity index (χ3n) is 5.79. The maximum Gasteiger partial charge on any atom is 0.167 e. The zero-order valence-corrected chi connectivity index (χ0v) is 18.0. The number of halogens is 3. The molecule has 5 heteroatoms. The standard InChI is InChI=1S/C23H37F3O2/c1-5-6-7-8-9-10-13-18(23(2,27-3)28-4)14-11-12-15-20-21(25)16-19(24)17-22(20)26/h16-18H,5-15H2,1-4H3. The fraction of sp³-hybridized carbons (Fsp3) is 0.739. The minimum Gasteiger partial charge on any atom is -0.353 e. The molecule has 0 saturated carbocycles. The van der Waals surface area contributed by atoms with Gasteiger partial charge in [0, 0.05) is 37.8 Å². The van der Waals surface area contributed by atoms with E-state index < -0.39 is 23.2 Å². The molecule has 1 atom stereocenters. The molecule has 28 heavy (non-hydrogen) atoms. The average molecular weight is 403 g/mol. The molecule has 1 unspecified atom stereocenters. The van der Waals surface area contributed by atoms with Gasteiger partial charge in [0.05, 0.1) is 0 Å². The van der Waals surface area contributed by atoms with Crippen LogP contribution in [0.15, 0.2) is 12.1 Å². The summed E-state index contributed by atoms with van der Waals surface area (Å²) in [7, 11) is 3.31. The van der Waals surface area contributed by atoms with Crippen molar-refractivity contribution < 1.29 is 22.6 Å². The Morgan fingerprint density at radius 1 is 0.821 bits per heavy atom. The zero-order chi connectivity index (χ0) is 21.0. The zero-order valence-electron chi connectivity index (χ0n) is 18.0. The van der Waals surface area contributed by atoms with Crippen molar-refractivity contribution >= 4 is 0 Å². The van der Waals surface area contributed by atoms with Crippen LogP contribution in [0.1, 0.15) is 83.6 Å². The van der Waals surface area contributed by atoms with Crippen LogP contribution in [0, 0.1) is 23.4 Å². The quantitative estimate of drug-likeness (QED) is 0.228. The second kappa shape index (κ2) is 13.2. The van der Waals surface area contributed by atoms with Gasteiger partial charge >= 0.3 is 0 Å². The molecule has 0 heterocycles. The molecule has 0 aliphatic carbocycles. The van der Waals surface area contributed by atoms with E-state index in [0.717, 1.165) is 37.8 Å². The van der Waals surface area contributed by atoms with Gasteiger partial charge in [-0.3, -0.25) is 0 Å². The van der Waals surface area contributed by atoms with Crippen molar-refractivity contribution in [1.29, 1.82) is 0 Å². The molecule has 0 bridgehead atoms. The minimum absolute atomic E-state index is 0.0323. The first kappa shape index (κ1) is 25.0. The van der Waals surface area contributed by atoms with Crippen molar-refractivity contribution in [3.8, 4) is 0 Å². The Morgan fingerprint density at radius 3 is 1.86 bits per heavy atom. The largest absolute Gasteiger partial charge is 0.353 e. The summed E-state index contributed by atoms with van der Waals surface area (Å²) in [6.45, 7) is 4.16. The maximum atomic E-state index is 13.8. The van der Waals surface area contributed by atoms with E-state index in [1.807, 2.05) is 6.92 Å². The summed E-state index contributed by atoms with van der Waals surface area (Å²) in [5.74, 6) is -2.93. The molecule has 1 aromatic carbocycles. The molecule has 0 aliphatic rings. The van der Waals surface area contributed by atoms with Gasteiger partial charge in [0.2, 0.25) is 0 Å². The first-order chi connectivity index (χ1) is 13.4. The van der Waals surface area contributed by atoms with Crippen molar-refractivity contribution in [2.45, 2.75) is 90.3 Å². The third kappa shape index (κ3) is 8.12. The van der Waals surface area contributed by atoms with Gasteiger partial charge in [0.1, 0.15) is 17.5 Å². The summed E-state index contributed by atoms with van der Waals surface area (Å²) in [6.07, 6.45) is 10.9. The van der Waals surface area contributed by atoms with Crippen LogP contribution in [0.5, 0.6) is 0 Å². The number of benzene rings is 1. The van der Waals surface area contributed by atoms with Crippen LogP contribution < -0.4 is 0 Å². The highest BCUT2D eigenvalue weighted by molar-refractivity contribution is 5.20. The molecule has 0 aliphatic heterocycles. The normalized spacial score (nSPS) is 13.1. The van der Waals surface area contributed by atoms with Crippen molar-refractivity contribution in [3.63, 3.8) is 0 Å². The highest BCUT2D eigenvalue weighted by atomic mass is 19.1. The van der Waals surface area contributed by atoms with Gasteiger partial charge < -0.3 is 9.47 Å². The lowest BCUT2D eigenvalue weighted by molar-refractivity contribution is -0.230. The highest BCUT2D eigenvalue weighted by Crippen LogP contribution is 2.32. The number of hydrogen-bond donors (Lipinski definition) is 0. The third-order valence-corrected chi connectivity index (χ3v) is 5.79. The molecular weight excluding hydrogens is 365 g/mol. The van der Waals surface area contributed by atoms with E-state index in [4.69, 9.17) is 9.47 Å². The van der Waals surface area contributed by atoms with Gasteiger partial charge in [-0.25, -0.2) is 13.2 Å². The van der Waals surface area contributed by atoms with Crippen LogP contribution in [0.3, 0.4) is 0 Å². The number of hydrogen-bond acceptors (Lipinski definition) is 2. The Morgan fingerprint density at radius 2 is 1.32 bits per heavy atom. The van der Waals surface area contributed by atoms with Gasteiger partial charge in [0.25, 0.3) is 0 Å². The van der Waals surface area contributed by atoms with Gasteiger partial charge in [-0.15, -0.1) is 0 Å². The summed E-state index contributed by atoms with van der Waals surface area (Å²) in [5.41, 5.74) is -0.0323. The number of unbranched alkanes of at least 4 members (excludes halogenated alkanes) is 6. The Hall–Kier alpha value is -1.07. The van der Waals surface area contributed by atoms with E-state index >= 15 is 0 Å². The monoisotopic (exact) mass is 402 g/mol. The smallest absolute Gasteiger partial charge is 0.167 e. The van der Waals surface area contributed by atoms with Crippen molar-refractivity contribution in [1.82, 2.24) is 0 Å². The Kier molecular flexibility index (Phi) is 11.8. The van der Waals surface area contributed by atoms with E-state index in [0.29, 0.717) is 6.42 Å². The molecule has 162 valence electrons. The fourth-order valence-corrected chi connectivity index (χ4v) is 3.76. The fourth-order valence-electron chi connectivity index (χ4n) is 3.76. The van der Waals surface area contributed by atoms with Crippen LogP contribution in [0.2, 0.25) is 0 Å². The van der Waals surface area contributed by atoms with E-state index in [1.54, 1.807) is 14.2 Å². The van der Waals surface area contributed by atoms with Gasteiger partial charge in [-0.05, 0) is 32.6 Å². The lowest BCUT2D eigenvalue weighted by atomic mass is 9.87. The molecule has 1 rings (SSSR count). The Labute approximate surface area is 168 Å². The van der Waals surface area contributed by atoms with Crippen molar-refractivity contribution in [2.75, 3.05) is 14.2 Å². The van der Waals surface area contributed by atoms with E-state index in [-0.39, 0.29) is 17.9 Å². The number of methoxy groups -OCH3 is 2. The molecule has 1 aromatic rings. The summed E-state index contributed by atoms with van der Waals surface area (Å²) in [5, 5.41) is 0. The number of rotatable bonds is 15.